The Kier molecular flexibility index (Phi) is 4.72. The molecule has 0 unspecified atom stereocenters. The zero-order valence-electron chi connectivity index (χ0n) is 11.1. The molecule has 1 nitrogen and oxygen atoms in total. The molecule has 0 aromatic heterocycles. The van der Waals surface area contributed by atoms with Crippen molar-refractivity contribution in [2.45, 2.75) is 26.4 Å². The van der Waals surface area contributed by atoms with Crippen LogP contribution >= 0.6 is 15.9 Å². The molecule has 2 aromatic rings. The predicted octanol–water partition coefficient (Wildman–Crippen LogP) is 4.75. The second-order valence-electron chi connectivity index (χ2n) is 4.77. The Morgan fingerprint density at radius 3 is 2.68 bits per heavy atom. The second-order valence-corrected chi connectivity index (χ2v) is 5.62. The molecule has 0 aliphatic rings. The number of hydrogen-bond donors (Lipinski definition) is 1. The summed E-state index contributed by atoms with van der Waals surface area (Å²) in [5.41, 5.74) is 3.44. The number of hydrogen-bond acceptors (Lipinski definition) is 1. The molecule has 1 N–H and O–H groups in total. The van der Waals surface area contributed by atoms with E-state index in [1.165, 1.54) is 11.1 Å². The minimum absolute atomic E-state index is 0.220. The van der Waals surface area contributed by atoms with Gasteiger partial charge in [0.05, 0.1) is 4.47 Å². The van der Waals surface area contributed by atoms with Crippen molar-refractivity contribution < 1.29 is 4.39 Å². The summed E-state index contributed by atoms with van der Waals surface area (Å²) >= 11 is 3.16. The Morgan fingerprint density at radius 1 is 1.21 bits per heavy atom. The van der Waals surface area contributed by atoms with Gasteiger partial charge in [0, 0.05) is 12.6 Å². The van der Waals surface area contributed by atoms with Crippen LogP contribution in [0.5, 0.6) is 0 Å². The van der Waals surface area contributed by atoms with Gasteiger partial charge in [-0.2, -0.15) is 0 Å². The molecule has 0 heterocycles. The smallest absolute Gasteiger partial charge is 0.137 e. The first-order valence-corrected chi connectivity index (χ1v) is 7.09. The molecule has 0 fully saturated rings. The van der Waals surface area contributed by atoms with Gasteiger partial charge >= 0.3 is 0 Å². The summed E-state index contributed by atoms with van der Waals surface area (Å²) in [6, 6.07) is 13.9. The lowest BCUT2D eigenvalue weighted by Gasteiger charge is -2.15. The molecular weight excluding hydrogens is 305 g/mol. The molecule has 2 rings (SSSR count). The lowest BCUT2D eigenvalue weighted by atomic mass is 10.1. The van der Waals surface area contributed by atoms with Gasteiger partial charge in [0.2, 0.25) is 0 Å². The van der Waals surface area contributed by atoms with Crippen LogP contribution < -0.4 is 5.32 Å². The zero-order valence-corrected chi connectivity index (χ0v) is 12.7. The zero-order chi connectivity index (χ0) is 13.8. The summed E-state index contributed by atoms with van der Waals surface area (Å²) in [4.78, 5) is 0. The Hall–Kier alpha value is -1.19. The number of nitrogens with one attached hydrogen (secondary N) is 1. The van der Waals surface area contributed by atoms with E-state index in [1.54, 1.807) is 12.1 Å². The SMILES string of the molecule is Cc1cccc([C@@H](C)NCc2ccc(Br)c(F)c2)c1. The predicted molar refractivity (Wildman–Crippen MR) is 80.5 cm³/mol. The quantitative estimate of drug-likeness (QED) is 0.857. The van der Waals surface area contributed by atoms with Gasteiger partial charge in [0.1, 0.15) is 5.82 Å². The summed E-state index contributed by atoms with van der Waals surface area (Å²) < 4.78 is 13.9. The van der Waals surface area contributed by atoms with Crippen molar-refractivity contribution in [3.63, 3.8) is 0 Å². The van der Waals surface area contributed by atoms with Crippen molar-refractivity contribution in [3.8, 4) is 0 Å². The minimum atomic E-state index is -0.220. The van der Waals surface area contributed by atoms with Crippen LogP contribution in [0.2, 0.25) is 0 Å². The van der Waals surface area contributed by atoms with E-state index in [4.69, 9.17) is 0 Å². The molecule has 0 saturated carbocycles. The third kappa shape index (κ3) is 3.88. The maximum atomic E-state index is 13.4. The van der Waals surface area contributed by atoms with Crippen LogP contribution in [0.3, 0.4) is 0 Å². The van der Waals surface area contributed by atoms with Crippen molar-refractivity contribution >= 4 is 15.9 Å². The van der Waals surface area contributed by atoms with Gasteiger partial charge < -0.3 is 5.32 Å². The molecule has 0 saturated heterocycles. The Bertz CT molecular complexity index is 568. The highest BCUT2D eigenvalue weighted by molar-refractivity contribution is 9.10. The molecule has 19 heavy (non-hydrogen) atoms. The van der Waals surface area contributed by atoms with E-state index in [9.17, 15) is 4.39 Å². The van der Waals surface area contributed by atoms with E-state index < -0.39 is 0 Å². The van der Waals surface area contributed by atoms with Crippen molar-refractivity contribution in [2.24, 2.45) is 0 Å². The van der Waals surface area contributed by atoms with E-state index in [0.717, 1.165) is 5.56 Å². The first kappa shape index (κ1) is 14.2. The summed E-state index contributed by atoms with van der Waals surface area (Å²) in [7, 11) is 0. The molecule has 1 atom stereocenters. The molecule has 2 aromatic carbocycles. The monoisotopic (exact) mass is 321 g/mol. The number of rotatable bonds is 4. The van der Waals surface area contributed by atoms with Crippen LogP contribution in [-0.2, 0) is 6.54 Å². The van der Waals surface area contributed by atoms with Crippen LogP contribution in [0.4, 0.5) is 4.39 Å². The van der Waals surface area contributed by atoms with E-state index in [1.807, 2.05) is 6.07 Å². The fourth-order valence-corrected chi connectivity index (χ4v) is 2.22. The lowest BCUT2D eigenvalue weighted by molar-refractivity contribution is 0.568. The summed E-state index contributed by atoms with van der Waals surface area (Å²) in [6.45, 7) is 4.85. The second kappa shape index (κ2) is 6.31. The van der Waals surface area contributed by atoms with Crippen LogP contribution in [0, 0.1) is 12.7 Å². The van der Waals surface area contributed by atoms with Gasteiger partial charge in [-0.25, -0.2) is 4.39 Å². The van der Waals surface area contributed by atoms with Gasteiger partial charge in [-0.05, 0) is 53.0 Å². The molecule has 0 spiro atoms. The minimum Gasteiger partial charge on any atom is -0.306 e. The Balaban J connectivity index is 2.00. The average molecular weight is 322 g/mol. The van der Waals surface area contributed by atoms with Crippen LogP contribution in [0.1, 0.15) is 29.7 Å². The van der Waals surface area contributed by atoms with Crippen LogP contribution in [-0.4, -0.2) is 0 Å². The Morgan fingerprint density at radius 2 is 2.00 bits per heavy atom. The topological polar surface area (TPSA) is 12.0 Å². The molecular formula is C16H17BrFN. The van der Waals surface area contributed by atoms with Gasteiger partial charge in [-0.15, -0.1) is 0 Å². The highest BCUT2D eigenvalue weighted by Gasteiger charge is 2.06. The van der Waals surface area contributed by atoms with Crippen LogP contribution in [0.25, 0.3) is 0 Å². The molecule has 0 bridgehead atoms. The number of halogens is 2. The molecule has 0 radical (unpaired) electrons. The molecule has 0 amide bonds. The van der Waals surface area contributed by atoms with Gasteiger partial charge in [-0.3, -0.25) is 0 Å². The van der Waals surface area contributed by atoms with E-state index in [2.05, 4.69) is 59.4 Å². The molecule has 3 heteroatoms. The maximum absolute atomic E-state index is 13.4. The average Bonchev–Trinajstić information content (AvgIpc) is 2.40. The van der Waals surface area contributed by atoms with Crippen molar-refractivity contribution in [2.75, 3.05) is 0 Å². The largest absolute Gasteiger partial charge is 0.306 e. The first-order chi connectivity index (χ1) is 9.06. The van der Waals surface area contributed by atoms with Gasteiger partial charge in [-0.1, -0.05) is 35.9 Å². The van der Waals surface area contributed by atoms with Crippen molar-refractivity contribution in [1.82, 2.24) is 5.32 Å². The summed E-state index contributed by atoms with van der Waals surface area (Å²) in [5.74, 6) is -0.220. The molecule has 0 aliphatic heterocycles. The summed E-state index contributed by atoms with van der Waals surface area (Å²) in [6.07, 6.45) is 0. The van der Waals surface area contributed by atoms with E-state index in [0.29, 0.717) is 11.0 Å². The third-order valence-electron chi connectivity index (χ3n) is 3.14. The number of benzene rings is 2. The highest BCUT2D eigenvalue weighted by atomic mass is 79.9. The van der Waals surface area contributed by atoms with E-state index in [-0.39, 0.29) is 11.9 Å². The Labute approximate surface area is 122 Å². The number of aryl methyl sites for hydroxylation is 1. The molecule has 0 aliphatic carbocycles. The van der Waals surface area contributed by atoms with E-state index >= 15 is 0 Å². The van der Waals surface area contributed by atoms with Crippen LogP contribution in [0.15, 0.2) is 46.9 Å². The first-order valence-electron chi connectivity index (χ1n) is 6.30. The summed E-state index contributed by atoms with van der Waals surface area (Å²) in [5, 5.41) is 3.41. The lowest BCUT2D eigenvalue weighted by Crippen LogP contribution is -2.18. The maximum Gasteiger partial charge on any atom is 0.137 e. The fourth-order valence-electron chi connectivity index (χ4n) is 1.98. The van der Waals surface area contributed by atoms with Gasteiger partial charge in [0.25, 0.3) is 0 Å². The molecule has 100 valence electrons. The highest BCUT2D eigenvalue weighted by Crippen LogP contribution is 2.18. The third-order valence-corrected chi connectivity index (χ3v) is 3.78. The van der Waals surface area contributed by atoms with Crippen molar-refractivity contribution in [3.05, 3.63) is 69.4 Å². The van der Waals surface area contributed by atoms with Crippen molar-refractivity contribution in [1.29, 1.82) is 0 Å². The normalized spacial score (nSPS) is 12.4. The standard InChI is InChI=1S/C16H17BrFN/c1-11-4-3-5-14(8-11)12(2)19-10-13-6-7-15(17)16(18)9-13/h3-9,12,19H,10H2,1-2H3/t12-/m1/s1. The fraction of sp³-hybridized carbons (Fsp3) is 0.250. The van der Waals surface area contributed by atoms with Gasteiger partial charge in [0.15, 0.2) is 0 Å².